The molecule has 1 atom stereocenters. The van der Waals surface area contributed by atoms with Crippen molar-refractivity contribution in [3.63, 3.8) is 0 Å². The van der Waals surface area contributed by atoms with Gasteiger partial charge in [0.25, 0.3) is 5.91 Å². The summed E-state index contributed by atoms with van der Waals surface area (Å²) >= 11 is 0. The number of benzene rings is 1. The molecule has 25 heavy (non-hydrogen) atoms. The molecule has 2 aromatic rings. The standard InChI is InChI=1S/C18H18F3N3O/c1-11-5-2-3-7-13(11)24-14-8-4-6-12(14)16(22-24)17(25)23-10-9-15(23)18(19,20)21/h2-3,5,7,15H,4,6,8-10H2,1H3/t15-/m1/s1. The molecule has 0 spiro atoms. The fourth-order valence-electron chi connectivity index (χ4n) is 3.72. The molecule has 1 fully saturated rings. The van der Waals surface area contributed by atoms with Crippen molar-refractivity contribution in [3.8, 4) is 5.69 Å². The van der Waals surface area contributed by atoms with Gasteiger partial charge < -0.3 is 4.90 Å². The third-order valence-corrected chi connectivity index (χ3v) is 5.13. The lowest BCUT2D eigenvalue weighted by Gasteiger charge is -2.41. The van der Waals surface area contributed by atoms with E-state index < -0.39 is 18.1 Å². The normalized spacial score (nSPS) is 19.7. The number of aromatic nitrogens is 2. The molecule has 1 saturated heterocycles. The second-order valence-corrected chi connectivity index (χ2v) is 6.67. The number of amides is 1. The van der Waals surface area contributed by atoms with Gasteiger partial charge in [0.15, 0.2) is 5.69 Å². The Bertz CT molecular complexity index is 841. The van der Waals surface area contributed by atoms with Gasteiger partial charge in [-0.05, 0) is 44.2 Å². The van der Waals surface area contributed by atoms with Crippen LogP contribution in [0.1, 0.15) is 40.2 Å². The van der Waals surface area contributed by atoms with E-state index in [1.165, 1.54) is 0 Å². The third kappa shape index (κ3) is 2.53. The molecule has 0 N–H and O–H groups in total. The second-order valence-electron chi connectivity index (χ2n) is 6.67. The van der Waals surface area contributed by atoms with Gasteiger partial charge in [-0.25, -0.2) is 4.68 Å². The van der Waals surface area contributed by atoms with Crippen LogP contribution in [0.3, 0.4) is 0 Å². The monoisotopic (exact) mass is 349 g/mol. The number of alkyl halides is 3. The molecule has 0 saturated carbocycles. The summed E-state index contributed by atoms with van der Waals surface area (Å²) in [6, 6.07) is 6.00. The molecule has 1 aromatic heterocycles. The number of hydrogen-bond donors (Lipinski definition) is 0. The van der Waals surface area contributed by atoms with Crippen molar-refractivity contribution in [2.45, 2.75) is 44.8 Å². The first-order valence-corrected chi connectivity index (χ1v) is 8.42. The van der Waals surface area contributed by atoms with Gasteiger partial charge >= 0.3 is 6.18 Å². The van der Waals surface area contributed by atoms with Crippen LogP contribution in [0.4, 0.5) is 13.2 Å². The van der Waals surface area contributed by atoms with Gasteiger partial charge in [0.2, 0.25) is 0 Å². The zero-order chi connectivity index (χ0) is 17.8. The van der Waals surface area contributed by atoms with Crippen LogP contribution in [0.25, 0.3) is 5.69 Å². The highest BCUT2D eigenvalue weighted by molar-refractivity contribution is 5.95. The number of halogens is 3. The summed E-state index contributed by atoms with van der Waals surface area (Å²) < 4.78 is 40.8. The van der Waals surface area contributed by atoms with Gasteiger partial charge in [0, 0.05) is 17.8 Å². The second kappa shape index (κ2) is 5.61. The molecule has 7 heteroatoms. The highest BCUT2D eigenvalue weighted by Crippen LogP contribution is 2.36. The predicted octanol–water partition coefficient (Wildman–Crippen LogP) is 3.45. The third-order valence-electron chi connectivity index (χ3n) is 5.13. The number of hydrogen-bond acceptors (Lipinski definition) is 2. The molecule has 1 aliphatic carbocycles. The van der Waals surface area contributed by atoms with E-state index in [2.05, 4.69) is 5.10 Å². The Morgan fingerprint density at radius 1 is 1.24 bits per heavy atom. The molecule has 1 amide bonds. The van der Waals surface area contributed by atoms with Crippen molar-refractivity contribution < 1.29 is 18.0 Å². The molecule has 4 rings (SSSR count). The molecule has 132 valence electrons. The lowest BCUT2D eigenvalue weighted by Crippen LogP contribution is -2.58. The number of rotatable bonds is 2. The van der Waals surface area contributed by atoms with E-state index in [1.807, 2.05) is 31.2 Å². The molecule has 2 aliphatic rings. The van der Waals surface area contributed by atoms with Crippen LogP contribution in [-0.4, -0.2) is 39.4 Å². The quantitative estimate of drug-likeness (QED) is 0.833. The van der Waals surface area contributed by atoms with Gasteiger partial charge in [-0.1, -0.05) is 18.2 Å². The zero-order valence-electron chi connectivity index (χ0n) is 13.8. The molecule has 1 aromatic carbocycles. The topological polar surface area (TPSA) is 38.1 Å². The maximum Gasteiger partial charge on any atom is 0.408 e. The average molecular weight is 349 g/mol. The Morgan fingerprint density at radius 3 is 2.64 bits per heavy atom. The van der Waals surface area contributed by atoms with Crippen LogP contribution in [0.15, 0.2) is 24.3 Å². The number of aryl methyl sites for hydroxylation is 1. The predicted molar refractivity (Wildman–Crippen MR) is 85.8 cm³/mol. The van der Waals surface area contributed by atoms with E-state index in [1.54, 1.807) is 4.68 Å². The Hall–Kier alpha value is -2.31. The minimum absolute atomic E-state index is 0.0318. The van der Waals surface area contributed by atoms with Crippen LogP contribution in [0.5, 0.6) is 0 Å². The van der Waals surface area contributed by atoms with Crippen molar-refractivity contribution in [2.75, 3.05) is 6.54 Å². The van der Waals surface area contributed by atoms with Crippen LogP contribution in [0, 0.1) is 6.92 Å². The van der Waals surface area contributed by atoms with E-state index in [9.17, 15) is 18.0 Å². The SMILES string of the molecule is Cc1ccccc1-n1nc(C(=O)N2CC[C@@H]2C(F)(F)F)c2c1CCC2. The highest BCUT2D eigenvalue weighted by Gasteiger charge is 2.51. The fraction of sp³-hybridized carbons (Fsp3) is 0.444. The lowest BCUT2D eigenvalue weighted by atomic mass is 10.0. The summed E-state index contributed by atoms with van der Waals surface area (Å²) in [5.74, 6) is -0.598. The van der Waals surface area contributed by atoms with Gasteiger partial charge in [-0.3, -0.25) is 4.79 Å². The number of fused-ring (bicyclic) bond motifs is 1. The summed E-state index contributed by atoms with van der Waals surface area (Å²) in [5.41, 5.74) is 3.82. The molecule has 1 aliphatic heterocycles. The molecule has 0 bridgehead atoms. The highest BCUT2D eigenvalue weighted by atomic mass is 19.4. The van der Waals surface area contributed by atoms with Crippen LogP contribution in [0.2, 0.25) is 0 Å². The Morgan fingerprint density at radius 2 is 2.00 bits per heavy atom. The van der Waals surface area contributed by atoms with E-state index in [-0.39, 0.29) is 18.7 Å². The van der Waals surface area contributed by atoms with Gasteiger partial charge in [0.05, 0.1) is 5.69 Å². The lowest BCUT2D eigenvalue weighted by molar-refractivity contribution is -0.199. The molecule has 0 radical (unpaired) electrons. The van der Waals surface area contributed by atoms with E-state index in [0.29, 0.717) is 6.42 Å². The maximum atomic E-state index is 13.0. The Kier molecular flexibility index (Phi) is 3.63. The molecule has 2 heterocycles. The van der Waals surface area contributed by atoms with Crippen molar-refractivity contribution in [1.82, 2.24) is 14.7 Å². The summed E-state index contributed by atoms with van der Waals surface area (Å²) in [5, 5.41) is 4.44. The van der Waals surface area contributed by atoms with E-state index in [0.717, 1.165) is 40.2 Å². The summed E-state index contributed by atoms with van der Waals surface area (Å²) in [7, 11) is 0. The first kappa shape index (κ1) is 16.2. The first-order chi connectivity index (χ1) is 11.9. The summed E-state index contributed by atoms with van der Waals surface area (Å²) in [4.78, 5) is 13.6. The van der Waals surface area contributed by atoms with Crippen LogP contribution >= 0.6 is 0 Å². The number of carbonyl (C=O) groups excluding carboxylic acids is 1. The van der Waals surface area contributed by atoms with Gasteiger partial charge in [0.1, 0.15) is 6.04 Å². The number of likely N-dealkylation sites (tertiary alicyclic amines) is 1. The fourth-order valence-corrected chi connectivity index (χ4v) is 3.72. The Labute approximate surface area is 143 Å². The number of carbonyl (C=O) groups is 1. The molecular formula is C18H18F3N3O. The van der Waals surface area contributed by atoms with Crippen molar-refractivity contribution >= 4 is 5.91 Å². The van der Waals surface area contributed by atoms with Crippen molar-refractivity contribution in [2.24, 2.45) is 0 Å². The Balaban J connectivity index is 1.74. The summed E-state index contributed by atoms with van der Waals surface area (Å²) in [6.45, 7) is 2.09. The molecule has 4 nitrogen and oxygen atoms in total. The number of nitrogens with zero attached hydrogens (tertiary/aromatic N) is 3. The average Bonchev–Trinajstić information content (AvgIpc) is 3.06. The van der Waals surface area contributed by atoms with E-state index >= 15 is 0 Å². The summed E-state index contributed by atoms with van der Waals surface area (Å²) in [6.07, 6.45) is -2.05. The minimum Gasteiger partial charge on any atom is -0.325 e. The zero-order valence-corrected chi connectivity index (χ0v) is 13.8. The van der Waals surface area contributed by atoms with Gasteiger partial charge in [-0.15, -0.1) is 0 Å². The largest absolute Gasteiger partial charge is 0.408 e. The minimum atomic E-state index is -4.38. The maximum absolute atomic E-state index is 13.0. The van der Waals surface area contributed by atoms with E-state index in [4.69, 9.17) is 0 Å². The first-order valence-electron chi connectivity index (χ1n) is 8.42. The smallest absolute Gasteiger partial charge is 0.325 e. The molecular weight excluding hydrogens is 331 g/mol. The van der Waals surface area contributed by atoms with Crippen LogP contribution < -0.4 is 0 Å². The van der Waals surface area contributed by atoms with Gasteiger partial charge in [-0.2, -0.15) is 18.3 Å². The number of para-hydroxylation sites is 1. The molecule has 0 unspecified atom stereocenters. The van der Waals surface area contributed by atoms with Crippen LogP contribution in [-0.2, 0) is 12.8 Å². The van der Waals surface area contributed by atoms with Crippen molar-refractivity contribution in [1.29, 1.82) is 0 Å². The van der Waals surface area contributed by atoms with Crippen molar-refractivity contribution in [3.05, 3.63) is 46.8 Å².